The van der Waals surface area contributed by atoms with E-state index in [9.17, 15) is 9.59 Å². The van der Waals surface area contributed by atoms with Crippen LogP contribution < -0.4 is 24.6 Å². The highest BCUT2D eigenvalue weighted by atomic mass is 32.2. The lowest BCUT2D eigenvalue weighted by molar-refractivity contribution is -0.116. The summed E-state index contributed by atoms with van der Waals surface area (Å²) in [6.45, 7) is 2.64. The van der Waals surface area contributed by atoms with Crippen LogP contribution in [0.15, 0.2) is 58.9 Å². The summed E-state index contributed by atoms with van der Waals surface area (Å²) in [7, 11) is 0. The average Bonchev–Trinajstić information content (AvgIpc) is 3.60. The number of hydrogen-bond donors (Lipinski definition) is 2. The average molecular weight is 519 g/mol. The predicted octanol–water partition coefficient (Wildman–Crippen LogP) is 4.79. The number of benzene rings is 2. The number of nitrogens with zero attached hydrogens (tertiary/aromatic N) is 2. The predicted molar refractivity (Wildman–Crippen MR) is 142 cm³/mol. The zero-order chi connectivity index (χ0) is 24.2. The van der Waals surface area contributed by atoms with Crippen LogP contribution in [0.2, 0.25) is 0 Å². The number of thiophene rings is 1. The van der Waals surface area contributed by atoms with Gasteiger partial charge in [0, 0.05) is 54.4 Å². The number of anilines is 3. The number of thioether (sulfide) groups is 1. The van der Waals surface area contributed by atoms with Crippen molar-refractivity contribution in [2.45, 2.75) is 4.21 Å². The molecule has 2 aromatic heterocycles. The third kappa shape index (κ3) is 3.68. The molecule has 1 saturated heterocycles. The highest BCUT2D eigenvalue weighted by Crippen LogP contribution is 2.43. The normalized spacial score (nSPS) is 16.8. The Morgan fingerprint density at radius 1 is 1.11 bits per heavy atom. The molecule has 2 aromatic carbocycles. The fourth-order valence-corrected chi connectivity index (χ4v) is 7.10. The molecule has 2 N–H and O–H groups in total. The first-order chi connectivity index (χ1) is 17.6. The molecule has 36 heavy (non-hydrogen) atoms. The van der Waals surface area contributed by atoms with Gasteiger partial charge in [0.2, 0.25) is 12.7 Å². The van der Waals surface area contributed by atoms with Gasteiger partial charge < -0.3 is 29.6 Å². The smallest absolute Gasteiger partial charge is 0.265 e. The summed E-state index contributed by atoms with van der Waals surface area (Å²) < 4.78 is 11.9. The van der Waals surface area contributed by atoms with Gasteiger partial charge >= 0.3 is 0 Å². The van der Waals surface area contributed by atoms with Gasteiger partial charge in [-0.3, -0.25) is 9.59 Å². The molecule has 1 fully saturated rings. The third-order valence-electron chi connectivity index (χ3n) is 6.78. The van der Waals surface area contributed by atoms with Gasteiger partial charge in [-0.15, -0.1) is 23.1 Å². The Hall–Kier alpha value is -3.63. The molecule has 0 bridgehead atoms. The molecule has 2 amide bonds. The number of fused-ring (bicyclic) bond motifs is 3. The van der Waals surface area contributed by atoms with Crippen molar-refractivity contribution >= 4 is 62.9 Å². The number of rotatable bonds is 5. The standard InChI is InChI=1S/C26H22N4O4S2/c31-24-13-35-26-20(8-23(36-26)25(32)28-19-9-27-18-4-2-1-3-17(18)19)30(24)12-15-10-29(11-15)16-5-6-21-22(7-16)34-14-33-21/h1-9,15,27H,10-14H2,(H,28,32). The molecular formula is C26H22N4O4S2. The van der Waals surface area contributed by atoms with Crippen molar-refractivity contribution in [3.63, 3.8) is 0 Å². The minimum Gasteiger partial charge on any atom is -0.454 e. The lowest BCUT2D eigenvalue weighted by Gasteiger charge is -2.43. The molecule has 0 aliphatic carbocycles. The van der Waals surface area contributed by atoms with E-state index in [4.69, 9.17) is 9.47 Å². The van der Waals surface area contributed by atoms with Gasteiger partial charge in [0.15, 0.2) is 11.5 Å². The molecule has 4 aromatic rings. The SMILES string of the molecule is O=C(Nc1c[nH]c2ccccc12)c1cc2c(s1)SCC(=O)N2CC1CN(c2ccc3c(c2)OCO3)C1. The molecular weight excluding hydrogens is 496 g/mol. The van der Waals surface area contributed by atoms with Gasteiger partial charge in [-0.2, -0.15) is 0 Å². The first-order valence-electron chi connectivity index (χ1n) is 11.7. The first-order valence-corrected chi connectivity index (χ1v) is 13.5. The molecule has 7 rings (SSSR count). The molecule has 3 aliphatic rings. The molecule has 3 aliphatic heterocycles. The summed E-state index contributed by atoms with van der Waals surface area (Å²) in [5, 5.41) is 3.99. The van der Waals surface area contributed by atoms with Crippen molar-refractivity contribution in [2.75, 3.05) is 47.3 Å². The highest BCUT2D eigenvalue weighted by molar-refractivity contribution is 8.02. The lowest BCUT2D eigenvalue weighted by Crippen LogP contribution is -2.53. The van der Waals surface area contributed by atoms with Crippen LogP contribution in [0.25, 0.3) is 10.9 Å². The number of para-hydroxylation sites is 1. The number of amides is 2. The van der Waals surface area contributed by atoms with Crippen molar-refractivity contribution in [1.29, 1.82) is 0 Å². The topological polar surface area (TPSA) is 86.9 Å². The molecule has 0 saturated carbocycles. The van der Waals surface area contributed by atoms with Crippen molar-refractivity contribution in [3.05, 3.63) is 59.6 Å². The minimum atomic E-state index is -0.162. The fourth-order valence-electron chi connectivity index (χ4n) is 4.90. The summed E-state index contributed by atoms with van der Waals surface area (Å²) in [6, 6.07) is 15.7. The number of H-pyrrole nitrogens is 1. The van der Waals surface area contributed by atoms with Crippen molar-refractivity contribution < 1.29 is 19.1 Å². The number of carbonyl (C=O) groups is 2. The molecule has 10 heteroatoms. The van der Waals surface area contributed by atoms with Crippen LogP contribution in [0, 0.1) is 5.92 Å². The second kappa shape index (κ2) is 8.49. The van der Waals surface area contributed by atoms with Crippen molar-refractivity contribution in [1.82, 2.24) is 4.98 Å². The second-order valence-corrected chi connectivity index (χ2v) is 11.4. The monoisotopic (exact) mass is 518 g/mol. The van der Waals surface area contributed by atoms with Crippen molar-refractivity contribution in [2.24, 2.45) is 5.92 Å². The van der Waals surface area contributed by atoms with E-state index in [2.05, 4.69) is 15.2 Å². The van der Waals surface area contributed by atoms with E-state index in [1.54, 1.807) is 0 Å². The van der Waals surface area contributed by atoms with Crippen LogP contribution in [-0.2, 0) is 4.79 Å². The number of ether oxygens (including phenoxy) is 2. The molecule has 0 spiro atoms. The van der Waals surface area contributed by atoms with Gasteiger partial charge in [-0.25, -0.2) is 0 Å². The Morgan fingerprint density at radius 2 is 1.97 bits per heavy atom. The van der Waals surface area contributed by atoms with Gasteiger partial charge in [0.25, 0.3) is 5.91 Å². The van der Waals surface area contributed by atoms with Crippen molar-refractivity contribution in [3.8, 4) is 11.5 Å². The zero-order valence-corrected chi connectivity index (χ0v) is 20.8. The van der Waals surface area contributed by atoms with E-state index < -0.39 is 0 Å². The lowest BCUT2D eigenvalue weighted by atomic mass is 9.98. The number of aromatic nitrogens is 1. The van der Waals surface area contributed by atoms with E-state index in [0.717, 1.165) is 56.8 Å². The van der Waals surface area contributed by atoms with Crippen LogP contribution in [0.5, 0.6) is 11.5 Å². The number of hydrogen-bond acceptors (Lipinski definition) is 7. The molecule has 0 unspecified atom stereocenters. The summed E-state index contributed by atoms with van der Waals surface area (Å²) >= 11 is 2.96. The molecule has 8 nitrogen and oxygen atoms in total. The summed E-state index contributed by atoms with van der Waals surface area (Å²) in [4.78, 5) is 33.9. The Labute approximate surface area is 215 Å². The van der Waals surface area contributed by atoms with E-state index in [-0.39, 0.29) is 18.6 Å². The van der Waals surface area contributed by atoms with Crippen LogP contribution in [0.4, 0.5) is 17.1 Å². The van der Waals surface area contributed by atoms with Gasteiger partial charge in [-0.05, 0) is 24.3 Å². The maximum Gasteiger partial charge on any atom is 0.265 e. The highest BCUT2D eigenvalue weighted by Gasteiger charge is 2.35. The van der Waals surface area contributed by atoms with E-state index in [1.807, 2.05) is 59.6 Å². The summed E-state index contributed by atoms with van der Waals surface area (Å²) in [5.74, 6) is 2.25. The Kier molecular flexibility index (Phi) is 5.10. The maximum absolute atomic E-state index is 13.1. The number of aromatic amines is 1. The number of carbonyl (C=O) groups excluding carboxylic acids is 2. The second-order valence-electron chi connectivity index (χ2n) is 9.09. The molecule has 182 valence electrons. The largest absolute Gasteiger partial charge is 0.454 e. The molecule has 0 radical (unpaired) electrons. The Balaban J connectivity index is 1.05. The van der Waals surface area contributed by atoms with Crippen LogP contribution in [-0.4, -0.2) is 49.0 Å². The molecule has 5 heterocycles. The van der Waals surface area contributed by atoms with Crippen LogP contribution >= 0.6 is 23.1 Å². The first kappa shape index (κ1) is 21.6. The quantitative estimate of drug-likeness (QED) is 0.395. The Morgan fingerprint density at radius 3 is 2.89 bits per heavy atom. The van der Waals surface area contributed by atoms with Gasteiger partial charge in [0.05, 0.1) is 26.2 Å². The zero-order valence-electron chi connectivity index (χ0n) is 19.2. The van der Waals surface area contributed by atoms with E-state index in [1.165, 1.54) is 23.1 Å². The third-order valence-corrected chi connectivity index (χ3v) is 9.16. The fraction of sp³-hybridized carbons (Fsp3) is 0.231. The van der Waals surface area contributed by atoms with Gasteiger partial charge in [-0.1, -0.05) is 18.2 Å². The minimum absolute atomic E-state index is 0.0930. The molecule has 0 atom stereocenters. The number of nitrogens with one attached hydrogen (secondary N) is 2. The van der Waals surface area contributed by atoms with Crippen LogP contribution in [0.3, 0.4) is 0 Å². The van der Waals surface area contributed by atoms with Crippen LogP contribution in [0.1, 0.15) is 9.67 Å². The van der Waals surface area contributed by atoms with Gasteiger partial charge in [0.1, 0.15) is 0 Å². The summed E-state index contributed by atoms with van der Waals surface area (Å²) in [6.07, 6.45) is 1.81. The Bertz CT molecular complexity index is 1510. The summed E-state index contributed by atoms with van der Waals surface area (Å²) in [5.41, 5.74) is 3.68. The van der Waals surface area contributed by atoms with E-state index in [0.29, 0.717) is 23.1 Å². The van der Waals surface area contributed by atoms with E-state index >= 15 is 0 Å². The maximum atomic E-state index is 13.1.